The highest BCUT2D eigenvalue weighted by Crippen LogP contribution is 2.10. The van der Waals surface area contributed by atoms with Crippen molar-refractivity contribution in [2.75, 3.05) is 13.6 Å². The molecule has 0 unspecified atom stereocenters. The molecule has 0 fully saturated rings. The second-order valence-electron chi connectivity index (χ2n) is 5.13. The van der Waals surface area contributed by atoms with Crippen LogP contribution in [0.25, 0.3) is 0 Å². The monoisotopic (exact) mass is 320 g/mol. The number of carbonyl (C=O) groups excluding carboxylic acids is 2. The van der Waals surface area contributed by atoms with Crippen molar-refractivity contribution in [1.82, 2.24) is 10.2 Å². The van der Waals surface area contributed by atoms with Gasteiger partial charge in [-0.15, -0.1) is 0 Å². The fourth-order valence-electron chi connectivity index (χ4n) is 2.02. The lowest BCUT2D eigenvalue weighted by Crippen LogP contribution is -2.28. The van der Waals surface area contributed by atoms with E-state index in [1.807, 2.05) is 24.4 Å². The normalized spacial score (nSPS) is 10.5. The van der Waals surface area contributed by atoms with Gasteiger partial charge in [0, 0.05) is 31.0 Å². The Balaban J connectivity index is 1.65. The van der Waals surface area contributed by atoms with Crippen molar-refractivity contribution < 1.29 is 14.0 Å². The molecule has 0 aliphatic rings. The van der Waals surface area contributed by atoms with Crippen molar-refractivity contribution in [2.24, 2.45) is 0 Å². The van der Waals surface area contributed by atoms with Gasteiger partial charge in [-0.1, -0.05) is 0 Å². The van der Waals surface area contributed by atoms with E-state index in [1.54, 1.807) is 23.4 Å². The number of hydrogen-bond acceptors (Lipinski definition) is 4. The van der Waals surface area contributed by atoms with Crippen LogP contribution in [0.1, 0.15) is 34.7 Å². The standard InChI is InChI=1S/C16H20N2O3S/c1-12-5-6-14(21-12)10-18(2)15(19)4-3-8-17-16(20)13-7-9-22-11-13/h5-7,9,11H,3-4,8,10H2,1-2H3,(H,17,20). The zero-order chi connectivity index (χ0) is 15.9. The number of amides is 2. The van der Waals surface area contributed by atoms with E-state index >= 15 is 0 Å². The Hall–Kier alpha value is -2.08. The number of nitrogens with one attached hydrogen (secondary N) is 1. The Morgan fingerprint density at radius 1 is 1.32 bits per heavy atom. The molecule has 0 radical (unpaired) electrons. The topological polar surface area (TPSA) is 62.6 Å². The van der Waals surface area contributed by atoms with Crippen LogP contribution in [0.3, 0.4) is 0 Å². The minimum absolute atomic E-state index is 0.0406. The first-order chi connectivity index (χ1) is 10.6. The molecule has 6 heteroatoms. The highest BCUT2D eigenvalue weighted by atomic mass is 32.1. The SMILES string of the molecule is Cc1ccc(CN(C)C(=O)CCCNC(=O)c2ccsc2)o1. The number of nitrogens with zero attached hydrogens (tertiary/aromatic N) is 1. The molecule has 0 aliphatic heterocycles. The van der Waals surface area contributed by atoms with E-state index in [2.05, 4.69) is 5.32 Å². The zero-order valence-electron chi connectivity index (χ0n) is 12.8. The molecule has 2 aromatic rings. The molecule has 2 amide bonds. The molecule has 0 aromatic carbocycles. The van der Waals surface area contributed by atoms with Gasteiger partial charge in [-0.2, -0.15) is 11.3 Å². The third-order valence-corrected chi connectivity index (χ3v) is 3.93. The van der Waals surface area contributed by atoms with Crippen molar-refractivity contribution in [1.29, 1.82) is 0 Å². The third-order valence-electron chi connectivity index (χ3n) is 3.25. The summed E-state index contributed by atoms with van der Waals surface area (Å²) >= 11 is 1.49. The van der Waals surface area contributed by atoms with Crippen molar-refractivity contribution in [2.45, 2.75) is 26.3 Å². The van der Waals surface area contributed by atoms with Gasteiger partial charge in [0.05, 0.1) is 6.54 Å². The van der Waals surface area contributed by atoms with E-state index in [-0.39, 0.29) is 11.8 Å². The second kappa shape index (κ2) is 7.79. The van der Waals surface area contributed by atoms with Gasteiger partial charge in [-0.3, -0.25) is 9.59 Å². The first kappa shape index (κ1) is 16.3. The lowest BCUT2D eigenvalue weighted by atomic mass is 10.2. The summed E-state index contributed by atoms with van der Waals surface area (Å²) in [6.45, 7) is 2.84. The summed E-state index contributed by atoms with van der Waals surface area (Å²) in [6.07, 6.45) is 1.02. The maximum absolute atomic E-state index is 12.0. The number of thiophene rings is 1. The summed E-state index contributed by atoms with van der Waals surface area (Å²) in [7, 11) is 1.75. The van der Waals surface area contributed by atoms with E-state index in [4.69, 9.17) is 4.42 Å². The molecule has 22 heavy (non-hydrogen) atoms. The first-order valence-corrected chi connectivity index (χ1v) is 8.10. The van der Waals surface area contributed by atoms with Gasteiger partial charge in [-0.25, -0.2) is 0 Å². The molecule has 118 valence electrons. The number of rotatable bonds is 7. The quantitative estimate of drug-likeness (QED) is 0.798. The van der Waals surface area contributed by atoms with Crippen LogP contribution in [-0.4, -0.2) is 30.3 Å². The number of carbonyl (C=O) groups is 2. The molecule has 0 atom stereocenters. The Bertz CT molecular complexity index is 619. The van der Waals surface area contributed by atoms with Crippen molar-refractivity contribution in [3.8, 4) is 0 Å². The Morgan fingerprint density at radius 2 is 2.14 bits per heavy atom. The van der Waals surface area contributed by atoms with E-state index in [0.29, 0.717) is 31.5 Å². The van der Waals surface area contributed by atoms with Crippen LogP contribution in [0.4, 0.5) is 0 Å². The van der Waals surface area contributed by atoms with Crippen LogP contribution in [0, 0.1) is 6.92 Å². The molecular formula is C16H20N2O3S. The molecule has 2 heterocycles. The summed E-state index contributed by atoms with van der Waals surface area (Å²) in [5, 5.41) is 6.48. The van der Waals surface area contributed by atoms with Gasteiger partial charge in [0.2, 0.25) is 5.91 Å². The minimum atomic E-state index is -0.0897. The summed E-state index contributed by atoms with van der Waals surface area (Å²) < 4.78 is 5.45. The van der Waals surface area contributed by atoms with Crippen molar-refractivity contribution >= 4 is 23.2 Å². The zero-order valence-corrected chi connectivity index (χ0v) is 13.6. The Kier molecular flexibility index (Phi) is 5.77. The maximum Gasteiger partial charge on any atom is 0.252 e. The smallest absolute Gasteiger partial charge is 0.252 e. The molecule has 0 aliphatic carbocycles. The van der Waals surface area contributed by atoms with Gasteiger partial charge >= 0.3 is 0 Å². The first-order valence-electron chi connectivity index (χ1n) is 7.16. The number of furan rings is 1. The van der Waals surface area contributed by atoms with Crippen LogP contribution in [0.15, 0.2) is 33.4 Å². The molecule has 0 saturated heterocycles. The molecular weight excluding hydrogens is 300 g/mol. The molecule has 0 saturated carbocycles. The molecule has 2 aromatic heterocycles. The highest BCUT2D eigenvalue weighted by Gasteiger charge is 2.11. The van der Waals surface area contributed by atoms with Gasteiger partial charge in [-0.05, 0) is 36.9 Å². The van der Waals surface area contributed by atoms with Crippen LogP contribution in [0.2, 0.25) is 0 Å². The van der Waals surface area contributed by atoms with Crippen LogP contribution < -0.4 is 5.32 Å². The fourth-order valence-corrected chi connectivity index (χ4v) is 2.66. The van der Waals surface area contributed by atoms with E-state index in [0.717, 1.165) is 11.5 Å². The van der Waals surface area contributed by atoms with Gasteiger partial charge in [0.15, 0.2) is 0 Å². The lowest BCUT2D eigenvalue weighted by Gasteiger charge is -2.15. The summed E-state index contributed by atoms with van der Waals surface area (Å²) in [5.74, 6) is 1.57. The van der Waals surface area contributed by atoms with Gasteiger partial charge in [0.25, 0.3) is 5.91 Å². The van der Waals surface area contributed by atoms with Crippen LogP contribution in [-0.2, 0) is 11.3 Å². The van der Waals surface area contributed by atoms with E-state index in [1.165, 1.54) is 11.3 Å². The average Bonchev–Trinajstić information content (AvgIpc) is 3.14. The van der Waals surface area contributed by atoms with E-state index < -0.39 is 0 Å². The van der Waals surface area contributed by atoms with Crippen LogP contribution in [0.5, 0.6) is 0 Å². The largest absolute Gasteiger partial charge is 0.464 e. The molecule has 1 N–H and O–H groups in total. The second-order valence-corrected chi connectivity index (χ2v) is 5.91. The lowest BCUT2D eigenvalue weighted by molar-refractivity contribution is -0.130. The van der Waals surface area contributed by atoms with Crippen molar-refractivity contribution in [3.05, 3.63) is 46.0 Å². The van der Waals surface area contributed by atoms with Gasteiger partial charge in [0.1, 0.15) is 11.5 Å². The Morgan fingerprint density at radius 3 is 2.77 bits per heavy atom. The third kappa shape index (κ3) is 4.73. The summed E-state index contributed by atoms with van der Waals surface area (Å²) in [4.78, 5) is 25.4. The number of aryl methyl sites for hydroxylation is 1. The highest BCUT2D eigenvalue weighted by molar-refractivity contribution is 7.08. The van der Waals surface area contributed by atoms with Crippen LogP contribution >= 0.6 is 11.3 Å². The average molecular weight is 320 g/mol. The van der Waals surface area contributed by atoms with Gasteiger partial charge < -0.3 is 14.6 Å². The summed E-state index contributed by atoms with van der Waals surface area (Å²) in [5.41, 5.74) is 0.668. The summed E-state index contributed by atoms with van der Waals surface area (Å²) in [6, 6.07) is 5.54. The molecule has 5 nitrogen and oxygen atoms in total. The predicted molar refractivity (Wildman–Crippen MR) is 85.8 cm³/mol. The molecule has 0 bridgehead atoms. The maximum atomic E-state index is 12.0. The fraction of sp³-hybridized carbons (Fsp3) is 0.375. The molecule has 2 rings (SSSR count). The predicted octanol–water partition coefficient (Wildman–Crippen LogP) is 2.82. The minimum Gasteiger partial charge on any atom is -0.464 e. The van der Waals surface area contributed by atoms with E-state index in [9.17, 15) is 9.59 Å². The Labute approximate surface area is 133 Å². The number of hydrogen-bond donors (Lipinski definition) is 1. The molecule has 0 spiro atoms. The van der Waals surface area contributed by atoms with Crippen molar-refractivity contribution in [3.63, 3.8) is 0 Å².